The molecule has 0 fully saturated rings. The van der Waals surface area contributed by atoms with Crippen LogP contribution in [0, 0.1) is 0 Å². The Morgan fingerprint density at radius 2 is 2.17 bits per heavy atom. The molecule has 1 atom stereocenters. The van der Waals surface area contributed by atoms with Crippen molar-refractivity contribution in [3.05, 3.63) is 46.5 Å². The number of para-hydroxylation sites is 1. The molecule has 0 spiro atoms. The van der Waals surface area contributed by atoms with E-state index in [1.165, 1.54) is 18.1 Å². The van der Waals surface area contributed by atoms with E-state index in [9.17, 15) is 9.59 Å². The maximum atomic E-state index is 12.4. The number of nitrogens with zero attached hydrogens (tertiary/aromatic N) is 2. The number of imidazole rings is 1. The lowest BCUT2D eigenvalue weighted by molar-refractivity contribution is -0.115. The molecule has 0 saturated carbocycles. The number of hydrogen-bond donors (Lipinski definition) is 3. The van der Waals surface area contributed by atoms with Gasteiger partial charge in [-0.25, -0.2) is 9.97 Å². The van der Waals surface area contributed by atoms with Gasteiger partial charge < -0.3 is 10.3 Å². The number of H-pyrrole nitrogens is 2. The average molecular weight is 343 g/mol. The fraction of sp³-hybridized carbons (Fsp3) is 0.250. The van der Waals surface area contributed by atoms with Crippen molar-refractivity contribution in [3.8, 4) is 0 Å². The molecule has 3 aromatic rings. The highest BCUT2D eigenvalue weighted by molar-refractivity contribution is 8.00. The number of aryl methyl sites for hydroxylation is 1. The molecule has 1 amide bonds. The summed E-state index contributed by atoms with van der Waals surface area (Å²) in [6.45, 7) is 3.81. The molecule has 0 saturated heterocycles. The molecule has 0 aliphatic carbocycles. The van der Waals surface area contributed by atoms with Crippen LogP contribution in [0.3, 0.4) is 0 Å². The molecule has 0 radical (unpaired) electrons. The standard InChI is InChI=1S/C16H17N5O2S/c1-3-10-6-4-5-7-11(10)19-14(22)9(2)24-16-20-13-12(15(23)21-16)17-8-18-13/h4-9H,3H2,1-2H3,(H,19,22)(H2,17,18,20,21,23)/t9-/m1/s1. The number of amides is 1. The number of benzene rings is 1. The first kappa shape index (κ1) is 16.3. The maximum Gasteiger partial charge on any atom is 0.277 e. The predicted octanol–water partition coefficient (Wildman–Crippen LogP) is 2.33. The molecule has 0 bridgehead atoms. The molecular weight excluding hydrogens is 326 g/mol. The van der Waals surface area contributed by atoms with Crippen LogP contribution in [0.2, 0.25) is 0 Å². The number of fused-ring (bicyclic) bond motifs is 1. The summed E-state index contributed by atoms with van der Waals surface area (Å²) in [6.07, 6.45) is 2.25. The van der Waals surface area contributed by atoms with Gasteiger partial charge in [-0.05, 0) is 25.0 Å². The van der Waals surface area contributed by atoms with Gasteiger partial charge in [-0.3, -0.25) is 14.6 Å². The predicted molar refractivity (Wildman–Crippen MR) is 94.3 cm³/mol. The lowest BCUT2D eigenvalue weighted by atomic mass is 10.1. The minimum atomic E-state index is -0.422. The summed E-state index contributed by atoms with van der Waals surface area (Å²) >= 11 is 1.18. The van der Waals surface area contributed by atoms with E-state index in [2.05, 4.69) is 25.3 Å². The van der Waals surface area contributed by atoms with Crippen molar-refractivity contribution in [2.24, 2.45) is 0 Å². The Bertz CT molecular complexity index is 933. The fourth-order valence-electron chi connectivity index (χ4n) is 2.28. The third-order valence-electron chi connectivity index (χ3n) is 3.59. The molecule has 1 aromatic carbocycles. The molecule has 8 heteroatoms. The Kier molecular flexibility index (Phi) is 4.66. The minimum Gasteiger partial charge on any atom is -0.339 e. The Morgan fingerprint density at radius 1 is 1.38 bits per heavy atom. The third-order valence-corrected chi connectivity index (χ3v) is 4.57. The minimum absolute atomic E-state index is 0.148. The number of aromatic amines is 2. The first-order valence-electron chi connectivity index (χ1n) is 7.57. The number of nitrogens with one attached hydrogen (secondary N) is 3. The summed E-state index contributed by atoms with van der Waals surface area (Å²) in [4.78, 5) is 37.9. The maximum absolute atomic E-state index is 12.4. The van der Waals surface area contributed by atoms with Crippen molar-refractivity contribution in [2.45, 2.75) is 30.7 Å². The monoisotopic (exact) mass is 343 g/mol. The number of thioether (sulfide) groups is 1. The number of carbonyl (C=O) groups excluding carboxylic acids is 1. The van der Waals surface area contributed by atoms with Gasteiger partial charge in [0.1, 0.15) is 0 Å². The molecule has 24 heavy (non-hydrogen) atoms. The summed E-state index contributed by atoms with van der Waals surface area (Å²) < 4.78 is 0. The van der Waals surface area contributed by atoms with Gasteiger partial charge >= 0.3 is 0 Å². The van der Waals surface area contributed by atoms with Gasteiger partial charge in [-0.2, -0.15) is 0 Å². The fourth-order valence-corrected chi connectivity index (χ4v) is 3.08. The molecule has 3 N–H and O–H groups in total. The normalized spacial score (nSPS) is 12.2. The summed E-state index contributed by atoms with van der Waals surface area (Å²) in [5.41, 5.74) is 2.25. The van der Waals surface area contributed by atoms with Crippen molar-refractivity contribution in [3.63, 3.8) is 0 Å². The first-order valence-corrected chi connectivity index (χ1v) is 8.45. The molecule has 124 valence electrons. The van der Waals surface area contributed by atoms with Gasteiger partial charge in [0.2, 0.25) is 5.91 Å². The Hall–Kier alpha value is -2.61. The van der Waals surface area contributed by atoms with Crippen LogP contribution in [0.15, 0.2) is 40.5 Å². The molecule has 0 aliphatic heterocycles. The van der Waals surface area contributed by atoms with E-state index in [1.54, 1.807) is 6.92 Å². The van der Waals surface area contributed by atoms with E-state index in [4.69, 9.17) is 0 Å². The lowest BCUT2D eigenvalue weighted by Gasteiger charge is -2.13. The molecule has 3 rings (SSSR count). The lowest BCUT2D eigenvalue weighted by Crippen LogP contribution is -2.23. The molecule has 0 unspecified atom stereocenters. The molecule has 0 aliphatic rings. The van der Waals surface area contributed by atoms with E-state index in [-0.39, 0.29) is 11.5 Å². The second-order valence-electron chi connectivity index (χ2n) is 5.23. The van der Waals surface area contributed by atoms with Crippen molar-refractivity contribution in [1.29, 1.82) is 0 Å². The van der Waals surface area contributed by atoms with E-state index >= 15 is 0 Å². The van der Waals surface area contributed by atoms with Gasteiger partial charge in [-0.1, -0.05) is 36.9 Å². The smallest absolute Gasteiger partial charge is 0.277 e. The molecule has 2 heterocycles. The summed E-state index contributed by atoms with van der Waals surface area (Å²) in [6, 6.07) is 7.69. The third kappa shape index (κ3) is 3.33. The zero-order valence-electron chi connectivity index (χ0n) is 13.3. The molecular formula is C16H17N5O2S. The molecule has 7 nitrogen and oxygen atoms in total. The van der Waals surface area contributed by atoms with Crippen molar-refractivity contribution in [2.75, 3.05) is 5.32 Å². The molecule has 2 aromatic heterocycles. The second kappa shape index (κ2) is 6.88. The van der Waals surface area contributed by atoms with Crippen LogP contribution in [-0.4, -0.2) is 31.1 Å². The first-order chi connectivity index (χ1) is 11.6. The Balaban J connectivity index is 1.74. The number of hydrogen-bond acceptors (Lipinski definition) is 5. The van der Waals surface area contributed by atoms with Crippen LogP contribution in [-0.2, 0) is 11.2 Å². The van der Waals surface area contributed by atoms with E-state index in [1.807, 2.05) is 31.2 Å². The SMILES string of the molecule is CCc1ccccc1NC(=O)[C@@H](C)Sc1nc2nc[nH]c2c(=O)[nH]1. The van der Waals surface area contributed by atoms with Crippen LogP contribution in [0.5, 0.6) is 0 Å². The van der Waals surface area contributed by atoms with E-state index in [0.29, 0.717) is 16.3 Å². The zero-order chi connectivity index (χ0) is 17.1. The average Bonchev–Trinajstić information content (AvgIpc) is 3.04. The topological polar surface area (TPSA) is 104 Å². The van der Waals surface area contributed by atoms with Crippen LogP contribution in [0.4, 0.5) is 5.69 Å². The van der Waals surface area contributed by atoms with E-state index < -0.39 is 5.25 Å². The largest absolute Gasteiger partial charge is 0.339 e. The van der Waals surface area contributed by atoms with E-state index in [0.717, 1.165) is 17.7 Å². The van der Waals surface area contributed by atoms with Crippen molar-refractivity contribution in [1.82, 2.24) is 19.9 Å². The quantitative estimate of drug-likeness (QED) is 0.487. The van der Waals surface area contributed by atoms with Gasteiger partial charge in [0, 0.05) is 5.69 Å². The van der Waals surface area contributed by atoms with Gasteiger partial charge in [-0.15, -0.1) is 0 Å². The van der Waals surface area contributed by atoms with Crippen LogP contribution in [0.25, 0.3) is 11.2 Å². The van der Waals surface area contributed by atoms with Gasteiger partial charge in [0.15, 0.2) is 16.3 Å². The highest BCUT2D eigenvalue weighted by Gasteiger charge is 2.18. The highest BCUT2D eigenvalue weighted by atomic mass is 32.2. The zero-order valence-corrected chi connectivity index (χ0v) is 14.1. The number of anilines is 1. The summed E-state index contributed by atoms with van der Waals surface area (Å²) in [5.74, 6) is -0.148. The number of aromatic nitrogens is 4. The number of rotatable bonds is 5. The Morgan fingerprint density at radius 3 is 2.96 bits per heavy atom. The van der Waals surface area contributed by atoms with Crippen LogP contribution in [0.1, 0.15) is 19.4 Å². The van der Waals surface area contributed by atoms with Crippen LogP contribution >= 0.6 is 11.8 Å². The van der Waals surface area contributed by atoms with Gasteiger partial charge in [0.05, 0.1) is 11.6 Å². The highest BCUT2D eigenvalue weighted by Crippen LogP contribution is 2.22. The van der Waals surface area contributed by atoms with Crippen LogP contribution < -0.4 is 10.9 Å². The Labute approximate surface area is 142 Å². The second-order valence-corrected chi connectivity index (χ2v) is 6.56. The summed E-state index contributed by atoms with van der Waals surface area (Å²) in [7, 11) is 0. The number of carbonyl (C=O) groups is 1. The van der Waals surface area contributed by atoms with Crippen molar-refractivity contribution >= 4 is 34.5 Å². The summed E-state index contributed by atoms with van der Waals surface area (Å²) in [5, 5.41) is 2.87. The van der Waals surface area contributed by atoms with Gasteiger partial charge in [0.25, 0.3) is 5.56 Å². The van der Waals surface area contributed by atoms with Crippen molar-refractivity contribution < 1.29 is 4.79 Å².